The summed E-state index contributed by atoms with van der Waals surface area (Å²) in [6.45, 7) is 2.10. The Kier molecular flexibility index (Phi) is 3.96. The fourth-order valence-electron chi connectivity index (χ4n) is 1.89. The molecular formula is C14H18N2O. The average molecular weight is 230 g/mol. The van der Waals surface area contributed by atoms with Crippen LogP contribution in [0.4, 0.5) is 0 Å². The van der Waals surface area contributed by atoms with Gasteiger partial charge in [-0.25, -0.2) is 0 Å². The molecular weight excluding hydrogens is 212 g/mol. The van der Waals surface area contributed by atoms with E-state index in [4.69, 9.17) is 10.3 Å². The molecule has 90 valence electrons. The van der Waals surface area contributed by atoms with Crippen molar-refractivity contribution in [2.75, 3.05) is 0 Å². The Morgan fingerprint density at radius 3 is 2.59 bits per heavy atom. The van der Waals surface area contributed by atoms with Gasteiger partial charge < -0.3 is 4.42 Å². The van der Waals surface area contributed by atoms with Gasteiger partial charge in [0.1, 0.15) is 0 Å². The van der Waals surface area contributed by atoms with E-state index >= 15 is 0 Å². The molecule has 3 nitrogen and oxygen atoms in total. The van der Waals surface area contributed by atoms with Crippen LogP contribution < -0.4 is 11.3 Å². The smallest absolute Gasteiger partial charge is 0.0950 e. The van der Waals surface area contributed by atoms with Gasteiger partial charge >= 0.3 is 0 Å². The van der Waals surface area contributed by atoms with Gasteiger partial charge in [-0.3, -0.25) is 11.3 Å². The molecule has 0 saturated carbocycles. The molecule has 0 spiro atoms. The molecule has 1 atom stereocenters. The van der Waals surface area contributed by atoms with E-state index in [0.29, 0.717) is 0 Å². The van der Waals surface area contributed by atoms with Gasteiger partial charge in [-0.15, -0.1) is 0 Å². The highest BCUT2D eigenvalue weighted by atomic mass is 16.3. The van der Waals surface area contributed by atoms with Crippen molar-refractivity contribution >= 4 is 0 Å². The molecule has 0 radical (unpaired) electrons. The maximum atomic E-state index is 5.56. The molecule has 0 saturated heterocycles. The van der Waals surface area contributed by atoms with Crippen LogP contribution in [0.25, 0.3) is 0 Å². The minimum atomic E-state index is 0.148. The normalized spacial score (nSPS) is 12.6. The lowest BCUT2D eigenvalue weighted by Gasteiger charge is -2.13. The van der Waals surface area contributed by atoms with Crippen molar-refractivity contribution in [2.24, 2.45) is 5.84 Å². The number of rotatable bonds is 5. The van der Waals surface area contributed by atoms with Crippen molar-refractivity contribution in [1.29, 1.82) is 0 Å². The second-order valence-corrected chi connectivity index (χ2v) is 4.30. The second-order valence-electron chi connectivity index (χ2n) is 4.30. The summed E-state index contributed by atoms with van der Waals surface area (Å²) in [4.78, 5) is 0. The summed E-state index contributed by atoms with van der Waals surface area (Å²) in [6.07, 6.45) is 5.37. The topological polar surface area (TPSA) is 51.2 Å². The van der Waals surface area contributed by atoms with Crippen molar-refractivity contribution in [2.45, 2.75) is 25.8 Å². The molecule has 0 aliphatic carbocycles. The molecule has 1 unspecified atom stereocenters. The van der Waals surface area contributed by atoms with Crippen LogP contribution in [0.15, 0.2) is 47.3 Å². The van der Waals surface area contributed by atoms with Crippen molar-refractivity contribution in [3.05, 3.63) is 59.5 Å². The lowest BCUT2D eigenvalue weighted by molar-refractivity contribution is 0.501. The fraction of sp³-hybridized carbons (Fsp3) is 0.286. The maximum Gasteiger partial charge on any atom is 0.0950 e. The van der Waals surface area contributed by atoms with E-state index in [9.17, 15) is 0 Å². The van der Waals surface area contributed by atoms with E-state index in [1.807, 2.05) is 6.07 Å². The molecule has 3 N–H and O–H groups in total. The molecule has 3 heteroatoms. The lowest BCUT2D eigenvalue weighted by atomic mass is 10.0. The van der Waals surface area contributed by atoms with E-state index < -0.39 is 0 Å². The van der Waals surface area contributed by atoms with Gasteiger partial charge in [0.15, 0.2) is 0 Å². The maximum absolute atomic E-state index is 5.56. The van der Waals surface area contributed by atoms with Crippen LogP contribution in [0, 0.1) is 6.92 Å². The first-order chi connectivity index (χ1) is 8.29. The van der Waals surface area contributed by atoms with Gasteiger partial charge in [-0.1, -0.05) is 29.8 Å². The highest BCUT2D eigenvalue weighted by molar-refractivity contribution is 5.22. The van der Waals surface area contributed by atoms with Gasteiger partial charge in [-0.05, 0) is 31.4 Å². The molecule has 2 aromatic rings. The summed E-state index contributed by atoms with van der Waals surface area (Å²) in [6, 6.07) is 10.7. The van der Waals surface area contributed by atoms with Crippen molar-refractivity contribution in [3.8, 4) is 0 Å². The number of hydrogen-bond acceptors (Lipinski definition) is 3. The molecule has 1 aromatic carbocycles. The summed E-state index contributed by atoms with van der Waals surface area (Å²) in [5.41, 5.74) is 6.54. The van der Waals surface area contributed by atoms with E-state index in [2.05, 4.69) is 36.6 Å². The first kappa shape index (κ1) is 11.9. The number of aryl methyl sites for hydroxylation is 2. The van der Waals surface area contributed by atoms with Crippen LogP contribution in [0.2, 0.25) is 0 Å². The van der Waals surface area contributed by atoms with Crippen molar-refractivity contribution in [3.63, 3.8) is 0 Å². The van der Waals surface area contributed by atoms with Gasteiger partial charge in [0, 0.05) is 11.6 Å². The summed E-state index contributed by atoms with van der Waals surface area (Å²) < 4.78 is 5.07. The molecule has 0 aliphatic rings. The Labute approximate surface area is 102 Å². The van der Waals surface area contributed by atoms with Crippen LogP contribution in [0.3, 0.4) is 0 Å². The van der Waals surface area contributed by atoms with E-state index in [-0.39, 0.29) is 6.04 Å². The summed E-state index contributed by atoms with van der Waals surface area (Å²) in [7, 11) is 0. The molecule has 1 heterocycles. The fourth-order valence-corrected chi connectivity index (χ4v) is 1.89. The minimum absolute atomic E-state index is 0.148. The number of furan rings is 1. The zero-order valence-corrected chi connectivity index (χ0v) is 10.0. The molecule has 0 amide bonds. The van der Waals surface area contributed by atoms with Crippen LogP contribution in [-0.4, -0.2) is 0 Å². The third-order valence-electron chi connectivity index (χ3n) is 2.99. The number of nitrogens with two attached hydrogens (primary N) is 1. The van der Waals surface area contributed by atoms with E-state index in [0.717, 1.165) is 18.4 Å². The largest absolute Gasteiger partial charge is 0.472 e. The summed E-state index contributed by atoms with van der Waals surface area (Å²) >= 11 is 0. The quantitative estimate of drug-likeness (QED) is 0.613. The zero-order chi connectivity index (χ0) is 12.1. The minimum Gasteiger partial charge on any atom is -0.472 e. The SMILES string of the molecule is Cc1ccc(CCC(NN)c2ccoc2)cc1. The standard InChI is InChI=1S/C14H18N2O/c1-11-2-4-12(5-3-11)6-7-14(16-15)13-8-9-17-10-13/h2-5,8-10,14,16H,6-7,15H2,1H3. The van der Waals surface area contributed by atoms with Crippen LogP contribution in [0.5, 0.6) is 0 Å². The first-order valence-electron chi connectivity index (χ1n) is 5.83. The molecule has 0 bridgehead atoms. The van der Waals surface area contributed by atoms with E-state index in [1.54, 1.807) is 12.5 Å². The molecule has 17 heavy (non-hydrogen) atoms. The lowest BCUT2D eigenvalue weighted by Crippen LogP contribution is -2.28. The Bertz CT molecular complexity index is 434. The third kappa shape index (κ3) is 3.19. The van der Waals surface area contributed by atoms with Crippen molar-refractivity contribution in [1.82, 2.24) is 5.43 Å². The van der Waals surface area contributed by atoms with Crippen LogP contribution in [-0.2, 0) is 6.42 Å². The van der Waals surface area contributed by atoms with Crippen LogP contribution >= 0.6 is 0 Å². The monoisotopic (exact) mass is 230 g/mol. The number of hydrazine groups is 1. The van der Waals surface area contributed by atoms with Gasteiger partial charge in [0.05, 0.1) is 12.5 Å². The highest BCUT2D eigenvalue weighted by Gasteiger charge is 2.10. The Morgan fingerprint density at radius 1 is 1.24 bits per heavy atom. The summed E-state index contributed by atoms with van der Waals surface area (Å²) in [5.74, 6) is 5.56. The van der Waals surface area contributed by atoms with Gasteiger partial charge in [-0.2, -0.15) is 0 Å². The molecule has 0 aliphatic heterocycles. The first-order valence-corrected chi connectivity index (χ1v) is 5.83. The van der Waals surface area contributed by atoms with E-state index in [1.165, 1.54) is 11.1 Å². The molecule has 1 aromatic heterocycles. The third-order valence-corrected chi connectivity index (χ3v) is 2.99. The van der Waals surface area contributed by atoms with Crippen molar-refractivity contribution < 1.29 is 4.42 Å². The second kappa shape index (κ2) is 5.66. The predicted octanol–water partition coefficient (Wildman–Crippen LogP) is 2.73. The average Bonchev–Trinajstić information content (AvgIpc) is 2.86. The number of nitrogens with one attached hydrogen (secondary N) is 1. The highest BCUT2D eigenvalue weighted by Crippen LogP contribution is 2.18. The summed E-state index contributed by atoms with van der Waals surface area (Å²) in [5, 5.41) is 0. The number of benzene rings is 1. The predicted molar refractivity (Wildman–Crippen MR) is 68.3 cm³/mol. The zero-order valence-electron chi connectivity index (χ0n) is 10.0. The Hall–Kier alpha value is -1.58. The molecule has 2 rings (SSSR count). The Balaban J connectivity index is 1.94. The molecule has 0 fully saturated rings. The Morgan fingerprint density at radius 2 is 2.00 bits per heavy atom. The van der Waals surface area contributed by atoms with Gasteiger partial charge in [0.2, 0.25) is 0 Å². The number of hydrogen-bond donors (Lipinski definition) is 2. The van der Waals surface area contributed by atoms with Gasteiger partial charge in [0.25, 0.3) is 0 Å². The van der Waals surface area contributed by atoms with Crippen LogP contribution in [0.1, 0.15) is 29.2 Å².